The summed E-state index contributed by atoms with van der Waals surface area (Å²) in [5, 5.41) is 2.03. The van der Waals surface area contributed by atoms with Crippen molar-refractivity contribution in [2.45, 2.75) is 91.1 Å². The Bertz CT molecular complexity index is 932. The molecular formula is C30H46N2O4S. The van der Waals surface area contributed by atoms with Crippen molar-refractivity contribution in [1.29, 1.82) is 0 Å². The quantitative estimate of drug-likeness (QED) is 0.201. The highest BCUT2D eigenvalue weighted by molar-refractivity contribution is 7.09. The Hall–Kier alpha value is -2.54. The fourth-order valence-corrected chi connectivity index (χ4v) is 5.06. The van der Waals surface area contributed by atoms with Crippen molar-refractivity contribution in [1.82, 2.24) is 9.80 Å². The van der Waals surface area contributed by atoms with Gasteiger partial charge in [0.15, 0.2) is 11.5 Å². The fraction of sp³-hybridized carbons (Fsp3) is 0.600. The number of rotatable bonds is 18. The molecule has 0 saturated heterocycles. The van der Waals surface area contributed by atoms with Crippen molar-refractivity contribution >= 4 is 23.2 Å². The number of unbranched alkanes of at least 4 members (excludes halogenated alkanes) is 5. The molecule has 1 aromatic carbocycles. The zero-order valence-corrected chi connectivity index (χ0v) is 24.3. The van der Waals surface area contributed by atoms with E-state index in [0.29, 0.717) is 37.4 Å². The van der Waals surface area contributed by atoms with Gasteiger partial charge in [0.1, 0.15) is 0 Å². The maximum atomic E-state index is 13.6. The number of amides is 2. The normalized spacial score (nSPS) is 11.7. The van der Waals surface area contributed by atoms with Crippen LogP contribution in [0.5, 0.6) is 11.5 Å². The van der Waals surface area contributed by atoms with E-state index in [-0.39, 0.29) is 24.4 Å². The highest BCUT2D eigenvalue weighted by Crippen LogP contribution is 2.28. The van der Waals surface area contributed by atoms with Crippen LogP contribution in [0, 0.1) is 0 Å². The summed E-state index contributed by atoms with van der Waals surface area (Å²) in [7, 11) is 3.25. The molecule has 1 heterocycles. The van der Waals surface area contributed by atoms with Gasteiger partial charge < -0.3 is 19.3 Å². The predicted molar refractivity (Wildman–Crippen MR) is 152 cm³/mol. The Morgan fingerprint density at radius 1 is 0.946 bits per heavy atom. The van der Waals surface area contributed by atoms with Gasteiger partial charge >= 0.3 is 0 Å². The minimum Gasteiger partial charge on any atom is -0.493 e. The Morgan fingerprint density at radius 2 is 1.68 bits per heavy atom. The van der Waals surface area contributed by atoms with E-state index < -0.39 is 0 Å². The number of thiophene rings is 1. The van der Waals surface area contributed by atoms with Gasteiger partial charge in [0.2, 0.25) is 11.8 Å². The molecule has 7 heteroatoms. The van der Waals surface area contributed by atoms with Crippen molar-refractivity contribution < 1.29 is 19.1 Å². The van der Waals surface area contributed by atoms with E-state index in [2.05, 4.69) is 19.9 Å². The number of hydrogen-bond acceptors (Lipinski definition) is 5. The summed E-state index contributed by atoms with van der Waals surface area (Å²) >= 11 is 1.65. The third-order valence-corrected chi connectivity index (χ3v) is 7.75. The number of hydrogen-bond donors (Lipinski definition) is 0. The van der Waals surface area contributed by atoms with Gasteiger partial charge in [0, 0.05) is 23.9 Å². The van der Waals surface area contributed by atoms with Gasteiger partial charge in [-0.3, -0.25) is 9.59 Å². The maximum absolute atomic E-state index is 13.6. The van der Waals surface area contributed by atoms with E-state index in [1.165, 1.54) is 25.7 Å². The van der Waals surface area contributed by atoms with Crippen LogP contribution < -0.4 is 9.47 Å². The first kappa shape index (κ1) is 30.7. The summed E-state index contributed by atoms with van der Waals surface area (Å²) in [5.41, 5.74) is 1.07. The average Bonchev–Trinajstić information content (AvgIpc) is 3.43. The van der Waals surface area contributed by atoms with Crippen LogP contribution in [-0.2, 0) is 22.6 Å². The topological polar surface area (TPSA) is 59.1 Å². The second kappa shape index (κ2) is 17.1. The molecule has 206 valence electrons. The molecule has 2 rings (SSSR count). The molecule has 1 unspecified atom stereocenters. The maximum Gasteiger partial charge on any atom is 0.242 e. The first-order chi connectivity index (χ1) is 17.9. The summed E-state index contributed by atoms with van der Waals surface area (Å²) in [6.45, 7) is 7.55. The second-order valence-corrected chi connectivity index (χ2v) is 10.7. The Kier molecular flexibility index (Phi) is 14.1. The molecule has 0 bridgehead atoms. The number of benzene rings is 1. The van der Waals surface area contributed by atoms with E-state index in [4.69, 9.17) is 9.47 Å². The highest BCUT2D eigenvalue weighted by atomic mass is 32.1. The van der Waals surface area contributed by atoms with E-state index in [1.807, 2.05) is 41.5 Å². The van der Waals surface area contributed by atoms with Crippen molar-refractivity contribution in [3.63, 3.8) is 0 Å². The van der Waals surface area contributed by atoms with Gasteiger partial charge in [0.25, 0.3) is 0 Å². The van der Waals surface area contributed by atoms with Crippen LogP contribution in [0.15, 0.2) is 35.7 Å². The summed E-state index contributed by atoms with van der Waals surface area (Å²) in [6, 6.07) is 9.95. The van der Waals surface area contributed by atoms with Crippen molar-refractivity contribution in [3.05, 3.63) is 46.2 Å². The lowest BCUT2D eigenvalue weighted by Crippen LogP contribution is -2.46. The van der Waals surface area contributed by atoms with E-state index in [9.17, 15) is 9.59 Å². The third-order valence-electron chi connectivity index (χ3n) is 6.89. The lowest BCUT2D eigenvalue weighted by molar-refractivity contribution is -0.142. The molecule has 6 nitrogen and oxygen atoms in total. The van der Waals surface area contributed by atoms with Crippen LogP contribution in [0.2, 0.25) is 0 Å². The number of nitrogens with zero attached hydrogens (tertiary/aromatic N) is 2. The number of carbonyl (C=O) groups is 2. The van der Waals surface area contributed by atoms with E-state index in [0.717, 1.165) is 29.7 Å². The molecule has 1 aromatic heterocycles. The minimum atomic E-state index is -0.00882. The molecule has 0 aliphatic heterocycles. The SMILES string of the molecule is CCCCCCCCC(=O)N(CC(=O)N(CCc1ccc(OC)c(OC)c1)Cc1cccs1)C(C)CC. The molecule has 0 fully saturated rings. The average molecular weight is 531 g/mol. The molecule has 0 radical (unpaired) electrons. The lowest BCUT2D eigenvalue weighted by atomic mass is 10.1. The zero-order valence-electron chi connectivity index (χ0n) is 23.5. The molecule has 1 atom stereocenters. The van der Waals surface area contributed by atoms with Crippen LogP contribution in [0.4, 0.5) is 0 Å². The molecule has 0 aliphatic carbocycles. The predicted octanol–water partition coefficient (Wildman–Crippen LogP) is 6.71. The molecule has 37 heavy (non-hydrogen) atoms. The third kappa shape index (κ3) is 10.4. The molecule has 0 aliphatic rings. The minimum absolute atomic E-state index is 0.00882. The van der Waals surface area contributed by atoms with Crippen LogP contribution in [0.1, 0.15) is 82.6 Å². The summed E-state index contributed by atoms with van der Waals surface area (Å²) in [6.07, 6.45) is 8.87. The Labute approximate surface area is 227 Å². The highest BCUT2D eigenvalue weighted by Gasteiger charge is 2.25. The Morgan fingerprint density at radius 3 is 2.32 bits per heavy atom. The molecular weight excluding hydrogens is 484 g/mol. The molecule has 2 amide bonds. The van der Waals surface area contributed by atoms with Gasteiger partial charge in [-0.15, -0.1) is 11.3 Å². The zero-order chi connectivity index (χ0) is 27.0. The van der Waals surface area contributed by atoms with Gasteiger partial charge in [-0.1, -0.05) is 58.1 Å². The standard InChI is InChI=1S/C30H46N2O4S/c1-6-8-9-10-11-12-15-29(33)32(24(3)7-2)23-30(34)31(22-26-14-13-20-37-26)19-18-25-16-17-27(35-4)28(21-25)36-5/h13-14,16-17,20-21,24H,6-12,15,18-19,22-23H2,1-5H3. The molecule has 0 spiro atoms. The van der Waals surface area contributed by atoms with E-state index >= 15 is 0 Å². The summed E-state index contributed by atoms with van der Waals surface area (Å²) in [4.78, 5) is 31.6. The molecule has 0 saturated carbocycles. The fourth-order valence-electron chi connectivity index (χ4n) is 4.34. The van der Waals surface area contributed by atoms with Crippen LogP contribution in [-0.4, -0.2) is 55.0 Å². The van der Waals surface area contributed by atoms with Gasteiger partial charge in [-0.05, 0) is 55.3 Å². The van der Waals surface area contributed by atoms with Crippen molar-refractivity contribution in [3.8, 4) is 11.5 Å². The van der Waals surface area contributed by atoms with Crippen molar-refractivity contribution in [2.24, 2.45) is 0 Å². The smallest absolute Gasteiger partial charge is 0.242 e. The first-order valence-corrected chi connectivity index (χ1v) is 14.6. The van der Waals surface area contributed by atoms with Crippen LogP contribution in [0.3, 0.4) is 0 Å². The number of methoxy groups -OCH3 is 2. The van der Waals surface area contributed by atoms with E-state index in [1.54, 1.807) is 30.5 Å². The molecule has 0 N–H and O–H groups in total. The first-order valence-electron chi connectivity index (χ1n) is 13.7. The summed E-state index contributed by atoms with van der Waals surface area (Å²) < 4.78 is 10.8. The largest absolute Gasteiger partial charge is 0.493 e. The van der Waals surface area contributed by atoms with Crippen LogP contribution in [0.25, 0.3) is 0 Å². The Balaban J connectivity index is 2.07. The second-order valence-electron chi connectivity index (χ2n) is 9.63. The van der Waals surface area contributed by atoms with Crippen LogP contribution >= 0.6 is 11.3 Å². The molecule has 2 aromatic rings. The summed E-state index contributed by atoms with van der Waals surface area (Å²) in [5.74, 6) is 1.45. The van der Waals surface area contributed by atoms with Gasteiger partial charge in [-0.25, -0.2) is 0 Å². The van der Waals surface area contributed by atoms with Gasteiger partial charge in [-0.2, -0.15) is 0 Å². The monoisotopic (exact) mass is 530 g/mol. The lowest BCUT2D eigenvalue weighted by Gasteiger charge is -2.31. The van der Waals surface area contributed by atoms with Crippen molar-refractivity contribution in [2.75, 3.05) is 27.3 Å². The van der Waals surface area contributed by atoms with Gasteiger partial charge in [0.05, 0.1) is 27.3 Å². The number of carbonyl (C=O) groups excluding carboxylic acids is 2. The number of ether oxygens (including phenoxy) is 2.